The van der Waals surface area contributed by atoms with Crippen LogP contribution in [0.5, 0.6) is 0 Å². The minimum absolute atomic E-state index is 0.00397. The number of benzene rings is 2. The molecule has 3 aromatic rings. The van der Waals surface area contributed by atoms with Gasteiger partial charge in [-0.1, -0.05) is 0 Å². The van der Waals surface area contributed by atoms with E-state index in [1.165, 1.54) is 0 Å². The van der Waals surface area contributed by atoms with Crippen molar-refractivity contribution in [3.8, 4) is 0 Å². The number of carbonyl (C=O) groups excluding carboxylic acids is 2. The number of nitrogens with one attached hydrogen (secondary N) is 3. The van der Waals surface area contributed by atoms with Crippen LogP contribution in [-0.2, 0) is 10.2 Å². The molecule has 35 heavy (non-hydrogen) atoms. The molecule has 1 aromatic heterocycles. The molecule has 0 saturated carbocycles. The molecule has 0 aliphatic carbocycles. The zero-order valence-corrected chi connectivity index (χ0v) is 20.4. The lowest BCUT2D eigenvalue weighted by molar-refractivity contribution is -0.122. The molecule has 2 amide bonds. The Labute approximate surface area is 204 Å². The summed E-state index contributed by atoms with van der Waals surface area (Å²) in [4.78, 5) is 35.0. The number of hydrogen-bond donors (Lipinski definition) is 3. The van der Waals surface area contributed by atoms with E-state index < -0.39 is 11.2 Å². The van der Waals surface area contributed by atoms with Gasteiger partial charge in [-0.2, -0.15) is 4.98 Å². The Morgan fingerprint density at radius 1 is 1.09 bits per heavy atom. The van der Waals surface area contributed by atoms with E-state index in [-0.39, 0.29) is 29.6 Å². The minimum Gasteiger partial charge on any atom is -0.350 e. The van der Waals surface area contributed by atoms with Crippen LogP contribution in [0.1, 0.15) is 50.5 Å². The van der Waals surface area contributed by atoms with Crippen LogP contribution in [-0.4, -0.2) is 34.4 Å². The Balaban J connectivity index is 1.53. The molecule has 8 nitrogen and oxygen atoms in total. The fraction of sp³-hybridized carbons (Fsp3) is 0.308. The molecule has 3 N–H and O–H groups in total. The summed E-state index contributed by atoms with van der Waals surface area (Å²) < 4.78 is 14.4. The van der Waals surface area contributed by atoms with Gasteiger partial charge in [0.05, 0.1) is 11.6 Å². The van der Waals surface area contributed by atoms with Crippen molar-refractivity contribution in [3.63, 3.8) is 0 Å². The summed E-state index contributed by atoms with van der Waals surface area (Å²) in [5.74, 6) is -0.527. The molecule has 0 spiro atoms. The first-order valence-electron chi connectivity index (χ1n) is 11.5. The van der Waals surface area contributed by atoms with Crippen molar-refractivity contribution in [3.05, 3.63) is 65.6 Å². The summed E-state index contributed by atoms with van der Waals surface area (Å²) in [5, 5.41) is 8.86. The number of carbonyl (C=O) groups is 2. The highest BCUT2D eigenvalue weighted by atomic mass is 19.1. The Bertz CT molecular complexity index is 1270. The zero-order chi connectivity index (χ0) is 25.3. The van der Waals surface area contributed by atoms with Gasteiger partial charge < -0.3 is 20.9 Å². The summed E-state index contributed by atoms with van der Waals surface area (Å²) in [6.07, 6.45) is 1.09. The molecule has 9 heteroatoms. The van der Waals surface area contributed by atoms with Crippen LogP contribution in [0, 0.1) is 5.82 Å². The van der Waals surface area contributed by atoms with Crippen LogP contribution in [0.15, 0.2) is 48.7 Å². The van der Waals surface area contributed by atoms with Gasteiger partial charge in [0.15, 0.2) is 11.6 Å². The number of likely N-dealkylation sites (N-methyl/N-ethyl adjacent to an activating group) is 1. The Hall–Kier alpha value is -4.01. The van der Waals surface area contributed by atoms with Crippen molar-refractivity contribution in [2.24, 2.45) is 0 Å². The van der Waals surface area contributed by atoms with Crippen LogP contribution in [0.3, 0.4) is 0 Å². The van der Waals surface area contributed by atoms with Crippen LogP contribution in [0.25, 0.3) is 0 Å². The summed E-state index contributed by atoms with van der Waals surface area (Å²) in [5.41, 5.74) is 2.94. The van der Waals surface area contributed by atoms with Crippen molar-refractivity contribution < 1.29 is 14.0 Å². The summed E-state index contributed by atoms with van der Waals surface area (Å²) >= 11 is 0. The standard InChI is InChI=1S/C26H29FN6O2/c1-6-33-21-12-11-18(13-19(21)26(4,5)24(33)35)31-25-28-14-20(27)22(32-25)30-17-9-7-16(8-10-17)23(34)29-15(2)3/h7-15H,6H2,1-5H3,(H,29,34)(H2,28,30,31,32). The number of halogens is 1. The van der Waals surface area contributed by atoms with E-state index in [2.05, 4.69) is 25.9 Å². The quantitative estimate of drug-likeness (QED) is 0.449. The van der Waals surface area contributed by atoms with Crippen LogP contribution >= 0.6 is 0 Å². The largest absolute Gasteiger partial charge is 0.350 e. The fourth-order valence-corrected chi connectivity index (χ4v) is 4.06. The molecule has 0 unspecified atom stereocenters. The van der Waals surface area contributed by atoms with Gasteiger partial charge in [0.1, 0.15) is 0 Å². The lowest BCUT2D eigenvalue weighted by atomic mass is 9.86. The molecular formula is C26H29FN6O2. The number of rotatable bonds is 7. The molecule has 0 fully saturated rings. The zero-order valence-electron chi connectivity index (χ0n) is 20.4. The second-order valence-corrected chi connectivity index (χ2v) is 9.25. The predicted octanol–water partition coefficient (Wildman–Crippen LogP) is 4.89. The third kappa shape index (κ3) is 4.80. The highest BCUT2D eigenvalue weighted by molar-refractivity contribution is 6.08. The molecule has 4 rings (SSSR count). The summed E-state index contributed by atoms with van der Waals surface area (Å²) in [7, 11) is 0. The highest BCUT2D eigenvalue weighted by Gasteiger charge is 2.43. The third-order valence-corrected chi connectivity index (χ3v) is 5.89. The highest BCUT2D eigenvalue weighted by Crippen LogP contribution is 2.42. The van der Waals surface area contributed by atoms with E-state index in [1.54, 1.807) is 29.2 Å². The van der Waals surface area contributed by atoms with Gasteiger partial charge in [-0.05, 0) is 82.6 Å². The summed E-state index contributed by atoms with van der Waals surface area (Å²) in [6, 6.07) is 12.4. The first-order chi connectivity index (χ1) is 16.6. The fourth-order valence-electron chi connectivity index (χ4n) is 4.06. The number of amides is 2. The molecule has 0 atom stereocenters. The lowest BCUT2D eigenvalue weighted by Gasteiger charge is -2.18. The molecule has 182 valence electrons. The normalized spacial score (nSPS) is 14.1. The number of hydrogen-bond acceptors (Lipinski definition) is 6. The molecular weight excluding hydrogens is 447 g/mol. The molecule has 1 aliphatic heterocycles. The number of anilines is 5. The maximum atomic E-state index is 14.4. The Kier molecular flexibility index (Phi) is 6.43. The van der Waals surface area contributed by atoms with E-state index >= 15 is 0 Å². The molecule has 1 aliphatic rings. The van der Waals surface area contributed by atoms with E-state index in [4.69, 9.17) is 0 Å². The van der Waals surface area contributed by atoms with E-state index in [1.807, 2.05) is 52.8 Å². The Morgan fingerprint density at radius 3 is 2.43 bits per heavy atom. The van der Waals surface area contributed by atoms with E-state index in [0.717, 1.165) is 17.4 Å². The second kappa shape index (κ2) is 9.32. The van der Waals surface area contributed by atoms with Crippen LogP contribution in [0.4, 0.5) is 33.2 Å². The van der Waals surface area contributed by atoms with Gasteiger partial charge in [-0.3, -0.25) is 9.59 Å². The predicted molar refractivity (Wildman–Crippen MR) is 135 cm³/mol. The molecule has 2 aromatic carbocycles. The van der Waals surface area contributed by atoms with Gasteiger partial charge in [-0.15, -0.1) is 0 Å². The smallest absolute Gasteiger partial charge is 0.251 e. The first kappa shape index (κ1) is 24.1. The maximum absolute atomic E-state index is 14.4. The average Bonchev–Trinajstić information content (AvgIpc) is 3.01. The van der Waals surface area contributed by atoms with Gasteiger partial charge in [0.25, 0.3) is 5.91 Å². The van der Waals surface area contributed by atoms with E-state index in [0.29, 0.717) is 23.5 Å². The van der Waals surface area contributed by atoms with E-state index in [9.17, 15) is 14.0 Å². The second-order valence-electron chi connectivity index (χ2n) is 9.25. The topological polar surface area (TPSA) is 99.3 Å². The van der Waals surface area contributed by atoms with Gasteiger partial charge in [0.2, 0.25) is 11.9 Å². The van der Waals surface area contributed by atoms with Crippen LogP contribution < -0.4 is 20.9 Å². The van der Waals surface area contributed by atoms with Crippen molar-refractivity contribution in [2.75, 3.05) is 22.1 Å². The minimum atomic E-state index is -0.641. The van der Waals surface area contributed by atoms with Gasteiger partial charge >= 0.3 is 0 Å². The van der Waals surface area contributed by atoms with Gasteiger partial charge in [0, 0.05) is 35.2 Å². The SMILES string of the molecule is CCN1C(=O)C(C)(C)c2cc(Nc3ncc(F)c(Nc4ccc(C(=O)NC(C)C)cc4)n3)ccc21. The maximum Gasteiger partial charge on any atom is 0.251 e. The first-order valence-corrected chi connectivity index (χ1v) is 11.5. The molecule has 2 heterocycles. The number of fused-ring (bicyclic) bond motifs is 1. The number of aromatic nitrogens is 2. The van der Waals surface area contributed by atoms with Crippen molar-refractivity contribution in [2.45, 2.75) is 46.1 Å². The molecule has 0 radical (unpaired) electrons. The number of nitrogens with zero attached hydrogens (tertiary/aromatic N) is 3. The van der Waals surface area contributed by atoms with Crippen molar-refractivity contribution in [1.82, 2.24) is 15.3 Å². The lowest BCUT2D eigenvalue weighted by Crippen LogP contribution is -2.35. The third-order valence-electron chi connectivity index (χ3n) is 5.89. The van der Waals surface area contributed by atoms with Crippen molar-refractivity contribution >= 4 is 40.6 Å². The summed E-state index contributed by atoms with van der Waals surface area (Å²) in [6.45, 7) is 10.1. The molecule has 0 bridgehead atoms. The van der Waals surface area contributed by atoms with Crippen LogP contribution in [0.2, 0.25) is 0 Å². The molecule has 0 saturated heterocycles. The average molecular weight is 477 g/mol. The monoisotopic (exact) mass is 476 g/mol. The van der Waals surface area contributed by atoms with Crippen molar-refractivity contribution in [1.29, 1.82) is 0 Å². The Morgan fingerprint density at radius 2 is 1.77 bits per heavy atom. The van der Waals surface area contributed by atoms with Gasteiger partial charge in [-0.25, -0.2) is 9.37 Å².